The lowest BCUT2D eigenvalue weighted by molar-refractivity contribution is 0.373. The van der Waals surface area contributed by atoms with Crippen molar-refractivity contribution in [2.24, 2.45) is 10.8 Å². The molecule has 1 aliphatic heterocycles. The van der Waals surface area contributed by atoms with Gasteiger partial charge in [-0.05, 0) is 47.6 Å². The summed E-state index contributed by atoms with van der Waals surface area (Å²) in [5.74, 6) is -0.275. The van der Waals surface area contributed by atoms with Gasteiger partial charge in [-0.2, -0.15) is 5.10 Å². The number of hydrazone groups is 1. The number of halogens is 2. The van der Waals surface area contributed by atoms with Crippen LogP contribution in [-0.2, 0) is 0 Å². The average molecular weight is 334 g/mol. The Morgan fingerprint density at radius 3 is 2.41 bits per heavy atom. The maximum absolute atomic E-state index is 13.1. The third-order valence-corrected chi connectivity index (χ3v) is 4.01. The maximum Gasteiger partial charge on any atom is 0.187 e. The molecule has 1 atom stereocenters. The van der Waals surface area contributed by atoms with Gasteiger partial charge in [-0.3, -0.25) is 0 Å². The molecule has 2 aromatic carbocycles. The van der Waals surface area contributed by atoms with E-state index in [-0.39, 0.29) is 17.0 Å². The molecule has 0 amide bonds. The second-order valence-electron chi connectivity index (χ2n) is 5.01. The smallest absolute Gasteiger partial charge is 0.187 e. The monoisotopic (exact) mass is 333 g/mol. The van der Waals surface area contributed by atoms with Crippen LogP contribution in [0.25, 0.3) is 0 Å². The molecule has 0 unspecified atom stereocenters. The van der Waals surface area contributed by atoms with Gasteiger partial charge in [0, 0.05) is 11.4 Å². The third kappa shape index (κ3) is 2.96. The summed E-state index contributed by atoms with van der Waals surface area (Å²) in [6, 6.07) is 13.7. The summed E-state index contributed by atoms with van der Waals surface area (Å²) in [5, 5.41) is 6.99. The van der Waals surface area contributed by atoms with Crippen LogP contribution in [0.4, 0.5) is 4.39 Å². The Kier molecular flexibility index (Phi) is 4.09. The maximum atomic E-state index is 13.1. The highest BCUT2D eigenvalue weighted by atomic mass is 35.5. The molecule has 0 spiro atoms. The molecule has 6 heteroatoms. The molecule has 0 radical (unpaired) electrons. The number of rotatable bonds is 2. The molecular formula is C16H13ClFN3S. The third-order valence-electron chi connectivity index (χ3n) is 3.57. The first-order chi connectivity index (χ1) is 10.5. The van der Waals surface area contributed by atoms with Crippen LogP contribution >= 0.6 is 23.8 Å². The van der Waals surface area contributed by atoms with Crippen molar-refractivity contribution in [2.75, 3.05) is 0 Å². The summed E-state index contributed by atoms with van der Waals surface area (Å²) in [6.45, 7) is 0. The van der Waals surface area contributed by atoms with Crippen molar-refractivity contribution >= 4 is 34.6 Å². The van der Waals surface area contributed by atoms with E-state index in [4.69, 9.17) is 29.6 Å². The van der Waals surface area contributed by atoms with Crippen LogP contribution in [0, 0.1) is 5.82 Å². The predicted octanol–water partition coefficient (Wildman–Crippen LogP) is 3.87. The van der Waals surface area contributed by atoms with Crippen LogP contribution in [0.15, 0.2) is 53.6 Å². The summed E-state index contributed by atoms with van der Waals surface area (Å²) in [4.78, 5) is 0. The Morgan fingerprint density at radius 2 is 1.82 bits per heavy atom. The van der Waals surface area contributed by atoms with Gasteiger partial charge in [0.1, 0.15) is 5.82 Å². The van der Waals surface area contributed by atoms with E-state index >= 15 is 0 Å². The standard InChI is InChI=1S/C16H13ClFN3S/c17-12-5-1-11(2-6-12)15-9-14(20-21(15)16(19)22)10-3-7-13(18)8-4-10/h1-8,15H,9H2,(H2,19,22)/t15-/m1/s1. The van der Waals surface area contributed by atoms with Crippen molar-refractivity contribution < 1.29 is 4.39 Å². The second kappa shape index (κ2) is 6.02. The summed E-state index contributed by atoms with van der Waals surface area (Å²) in [5.41, 5.74) is 8.50. The van der Waals surface area contributed by atoms with Crippen molar-refractivity contribution in [1.29, 1.82) is 0 Å². The molecule has 0 bridgehead atoms. The van der Waals surface area contributed by atoms with Crippen molar-refractivity contribution in [1.82, 2.24) is 5.01 Å². The van der Waals surface area contributed by atoms with Crippen LogP contribution in [0.3, 0.4) is 0 Å². The fourth-order valence-corrected chi connectivity index (χ4v) is 2.77. The first kappa shape index (κ1) is 14.9. The summed E-state index contributed by atoms with van der Waals surface area (Å²) >= 11 is 11.0. The Morgan fingerprint density at radius 1 is 1.18 bits per heavy atom. The van der Waals surface area contributed by atoms with Gasteiger partial charge in [0.2, 0.25) is 0 Å². The normalized spacial score (nSPS) is 17.5. The van der Waals surface area contributed by atoms with E-state index in [1.165, 1.54) is 12.1 Å². The van der Waals surface area contributed by atoms with Crippen molar-refractivity contribution in [3.05, 3.63) is 70.5 Å². The van der Waals surface area contributed by atoms with Gasteiger partial charge in [-0.25, -0.2) is 9.40 Å². The lowest BCUT2D eigenvalue weighted by Crippen LogP contribution is -2.31. The van der Waals surface area contributed by atoms with Gasteiger partial charge in [0.25, 0.3) is 0 Å². The second-order valence-corrected chi connectivity index (χ2v) is 5.86. The summed E-state index contributed by atoms with van der Waals surface area (Å²) in [6.07, 6.45) is 0.643. The van der Waals surface area contributed by atoms with E-state index in [0.717, 1.165) is 16.8 Å². The number of hydrogen-bond donors (Lipinski definition) is 1. The Bertz CT molecular complexity index is 728. The van der Waals surface area contributed by atoms with Crippen LogP contribution in [0.5, 0.6) is 0 Å². The van der Waals surface area contributed by atoms with Gasteiger partial charge in [-0.1, -0.05) is 35.9 Å². The van der Waals surface area contributed by atoms with E-state index in [1.54, 1.807) is 17.1 Å². The number of nitrogens with two attached hydrogens (primary N) is 1. The van der Waals surface area contributed by atoms with E-state index in [9.17, 15) is 4.39 Å². The van der Waals surface area contributed by atoms with E-state index in [1.807, 2.05) is 24.3 Å². The topological polar surface area (TPSA) is 41.6 Å². The molecule has 2 N–H and O–H groups in total. The molecule has 0 aromatic heterocycles. The molecule has 0 fully saturated rings. The SMILES string of the molecule is NC(=S)N1N=C(c2ccc(F)cc2)C[C@@H]1c1ccc(Cl)cc1. The predicted molar refractivity (Wildman–Crippen MR) is 90.4 cm³/mol. The Labute approximate surface area is 138 Å². The molecule has 0 saturated carbocycles. The minimum absolute atomic E-state index is 0.0742. The van der Waals surface area contributed by atoms with Gasteiger partial charge >= 0.3 is 0 Å². The zero-order valence-corrected chi connectivity index (χ0v) is 13.1. The first-order valence-corrected chi connectivity index (χ1v) is 7.51. The van der Waals surface area contributed by atoms with Crippen LogP contribution < -0.4 is 5.73 Å². The molecule has 0 aliphatic carbocycles. The van der Waals surface area contributed by atoms with Gasteiger partial charge in [-0.15, -0.1) is 0 Å². The van der Waals surface area contributed by atoms with Gasteiger partial charge in [0.05, 0.1) is 11.8 Å². The molecule has 2 aromatic rings. The minimum Gasteiger partial charge on any atom is -0.375 e. The number of nitrogens with zero attached hydrogens (tertiary/aromatic N) is 2. The lowest BCUT2D eigenvalue weighted by Gasteiger charge is -2.21. The van der Waals surface area contributed by atoms with Crippen LogP contribution in [-0.4, -0.2) is 15.8 Å². The van der Waals surface area contributed by atoms with E-state index in [2.05, 4.69) is 5.10 Å². The highest BCUT2D eigenvalue weighted by molar-refractivity contribution is 7.80. The average Bonchev–Trinajstić information content (AvgIpc) is 2.94. The fourth-order valence-electron chi connectivity index (χ4n) is 2.47. The number of thiocarbonyl (C=S) groups is 1. The van der Waals surface area contributed by atoms with E-state index < -0.39 is 0 Å². The quantitative estimate of drug-likeness (QED) is 0.848. The largest absolute Gasteiger partial charge is 0.375 e. The van der Waals surface area contributed by atoms with Gasteiger partial charge in [0.15, 0.2) is 5.11 Å². The Hall–Kier alpha value is -1.98. The molecule has 1 aliphatic rings. The molecule has 3 nitrogen and oxygen atoms in total. The zero-order valence-electron chi connectivity index (χ0n) is 11.5. The van der Waals surface area contributed by atoms with Crippen molar-refractivity contribution in [3.8, 4) is 0 Å². The Balaban J connectivity index is 1.92. The highest BCUT2D eigenvalue weighted by Gasteiger charge is 2.30. The molecule has 1 heterocycles. The van der Waals surface area contributed by atoms with Crippen LogP contribution in [0.2, 0.25) is 5.02 Å². The molecule has 0 saturated heterocycles. The molecule has 22 heavy (non-hydrogen) atoms. The van der Waals surface area contributed by atoms with Crippen molar-refractivity contribution in [2.45, 2.75) is 12.5 Å². The van der Waals surface area contributed by atoms with Crippen LogP contribution in [0.1, 0.15) is 23.6 Å². The molecule has 112 valence electrons. The van der Waals surface area contributed by atoms with Crippen molar-refractivity contribution in [3.63, 3.8) is 0 Å². The van der Waals surface area contributed by atoms with Gasteiger partial charge < -0.3 is 5.73 Å². The number of benzene rings is 2. The summed E-state index contributed by atoms with van der Waals surface area (Å²) < 4.78 is 13.1. The fraction of sp³-hybridized carbons (Fsp3) is 0.125. The molecule has 3 rings (SSSR count). The lowest BCUT2D eigenvalue weighted by atomic mass is 9.98. The highest BCUT2D eigenvalue weighted by Crippen LogP contribution is 2.33. The summed E-state index contributed by atoms with van der Waals surface area (Å²) in [7, 11) is 0. The molecular weight excluding hydrogens is 321 g/mol. The number of hydrogen-bond acceptors (Lipinski definition) is 2. The minimum atomic E-state index is -0.275. The zero-order chi connectivity index (χ0) is 15.7. The van der Waals surface area contributed by atoms with E-state index in [0.29, 0.717) is 11.4 Å². The first-order valence-electron chi connectivity index (χ1n) is 6.72.